The summed E-state index contributed by atoms with van der Waals surface area (Å²) in [6, 6.07) is 13.0. The number of aryl methyl sites for hydroxylation is 1. The van der Waals surface area contributed by atoms with Crippen molar-refractivity contribution < 1.29 is 4.79 Å². The summed E-state index contributed by atoms with van der Waals surface area (Å²) in [5.74, 6) is 0.614. The van der Waals surface area contributed by atoms with E-state index in [2.05, 4.69) is 15.5 Å². The first kappa shape index (κ1) is 20.6. The highest BCUT2D eigenvalue weighted by Gasteiger charge is 2.15. The van der Waals surface area contributed by atoms with Crippen LogP contribution in [0.3, 0.4) is 0 Å². The minimum absolute atomic E-state index is 0.100. The monoisotopic (exact) mass is 434 g/mol. The number of hydrogen-bond acceptors (Lipinski definition) is 3. The molecule has 3 rings (SSSR count). The molecule has 8 heteroatoms. The molecule has 0 bridgehead atoms. The van der Waals surface area contributed by atoms with E-state index in [0.29, 0.717) is 27.2 Å². The van der Waals surface area contributed by atoms with E-state index in [1.807, 2.05) is 48.7 Å². The number of aromatic nitrogens is 3. The Morgan fingerprint density at radius 2 is 1.96 bits per heavy atom. The molecule has 1 amide bonds. The largest absolute Gasteiger partial charge is 0.349 e. The van der Waals surface area contributed by atoms with Crippen LogP contribution in [0.1, 0.15) is 30.5 Å². The number of halogens is 2. The highest BCUT2D eigenvalue weighted by atomic mass is 35.5. The van der Waals surface area contributed by atoms with Crippen LogP contribution in [0.15, 0.2) is 42.5 Å². The van der Waals surface area contributed by atoms with Crippen LogP contribution in [0.5, 0.6) is 0 Å². The molecule has 1 heterocycles. The first-order valence-corrected chi connectivity index (χ1v) is 9.98. The highest BCUT2D eigenvalue weighted by Crippen LogP contribution is 2.26. The normalized spacial score (nSPS) is 12.0. The molecule has 2 aromatic carbocycles. The number of carbonyl (C=O) groups excluding carboxylic acids is 1. The van der Waals surface area contributed by atoms with Crippen LogP contribution in [0.4, 0.5) is 0 Å². The van der Waals surface area contributed by atoms with E-state index in [9.17, 15) is 4.79 Å². The van der Waals surface area contributed by atoms with E-state index >= 15 is 0 Å². The maximum absolute atomic E-state index is 12.4. The minimum atomic E-state index is -0.230. The number of aromatic amines is 1. The number of nitrogens with zero attached hydrogens (tertiary/aromatic N) is 2. The number of H-pyrrole nitrogens is 1. The summed E-state index contributed by atoms with van der Waals surface area (Å²) in [6.07, 6.45) is 0.266. The molecule has 1 aromatic heterocycles. The van der Waals surface area contributed by atoms with Gasteiger partial charge < -0.3 is 5.32 Å². The van der Waals surface area contributed by atoms with Gasteiger partial charge in [-0.2, -0.15) is 5.10 Å². The zero-order valence-electron chi connectivity index (χ0n) is 15.5. The summed E-state index contributed by atoms with van der Waals surface area (Å²) in [4.78, 5) is 12.4. The molecular weight excluding hydrogens is 415 g/mol. The van der Waals surface area contributed by atoms with E-state index in [4.69, 9.17) is 35.4 Å². The third-order valence-electron chi connectivity index (χ3n) is 4.44. The molecule has 28 heavy (non-hydrogen) atoms. The van der Waals surface area contributed by atoms with E-state index in [1.54, 1.807) is 12.1 Å². The number of hydrogen-bond donors (Lipinski definition) is 2. The van der Waals surface area contributed by atoms with E-state index in [1.165, 1.54) is 5.56 Å². The fourth-order valence-corrected chi connectivity index (χ4v) is 3.70. The van der Waals surface area contributed by atoms with Gasteiger partial charge in [-0.1, -0.05) is 59.1 Å². The van der Waals surface area contributed by atoms with E-state index in [0.717, 1.165) is 11.1 Å². The number of amides is 1. The van der Waals surface area contributed by atoms with Gasteiger partial charge in [-0.3, -0.25) is 14.5 Å². The number of rotatable bonds is 6. The van der Waals surface area contributed by atoms with Crippen LogP contribution in [-0.2, 0) is 11.3 Å². The second kappa shape index (κ2) is 8.90. The molecule has 2 N–H and O–H groups in total. The van der Waals surface area contributed by atoms with Gasteiger partial charge in [0.25, 0.3) is 0 Å². The van der Waals surface area contributed by atoms with Crippen LogP contribution in [0.2, 0.25) is 10.0 Å². The Balaban J connectivity index is 1.67. The highest BCUT2D eigenvalue weighted by molar-refractivity contribution is 7.71. The molecule has 146 valence electrons. The fourth-order valence-electron chi connectivity index (χ4n) is 2.91. The van der Waals surface area contributed by atoms with Crippen LogP contribution >= 0.6 is 35.4 Å². The molecule has 0 fully saturated rings. The van der Waals surface area contributed by atoms with Gasteiger partial charge in [-0.15, -0.1) is 0 Å². The molecule has 0 aliphatic carbocycles. The summed E-state index contributed by atoms with van der Waals surface area (Å²) >= 11 is 17.5. The zero-order chi connectivity index (χ0) is 20.3. The number of benzene rings is 2. The Bertz CT molecular complexity index is 1040. The predicted molar refractivity (Wildman–Crippen MR) is 115 cm³/mol. The summed E-state index contributed by atoms with van der Waals surface area (Å²) in [7, 11) is 0. The Morgan fingerprint density at radius 1 is 1.25 bits per heavy atom. The van der Waals surface area contributed by atoms with Crippen molar-refractivity contribution in [2.24, 2.45) is 0 Å². The van der Waals surface area contributed by atoms with Gasteiger partial charge in [0.2, 0.25) is 5.91 Å². The molecular formula is C20H20Cl2N4OS. The lowest BCUT2D eigenvalue weighted by Crippen LogP contribution is -2.27. The Kier molecular flexibility index (Phi) is 6.54. The van der Waals surface area contributed by atoms with Crippen LogP contribution < -0.4 is 5.32 Å². The summed E-state index contributed by atoms with van der Waals surface area (Å²) < 4.78 is 2.32. The molecule has 0 saturated carbocycles. The molecule has 0 spiro atoms. The van der Waals surface area contributed by atoms with E-state index < -0.39 is 0 Å². The summed E-state index contributed by atoms with van der Waals surface area (Å²) in [5, 5.41) is 11.2. The predicted octanol–water partition coefficient (Wildman–Crippen LogP) is 5.49. The van der Waals surface area contributed by atoms with Crippen molar-refractivity contribution in [1.29, 1.82) is 0 Å². The maximum Gasteiger partial charge on any atom is 0.222 e. The maximum atomic E-state index is 12.4. The topological polar surface area (TPSA) is 62.7 Å². The Morgan fingerprint density at radius 3 is 2.64 bits per heavy atom. The van der Waals surface area contributed by atoms with Crippen LogP contribution in [0.25, 0.3) is 11.4 Å². The minimum Gasteiger partial charge on any atom is -0.349 e. The van der Waals surface area contributed by atoms with Crippen molar-refractivity contribution in [3.8, 4) is 11.4 Å². The standard InChI is InChI=1S/C20H20Cl2N4OS/c1-12-3-5-14(6-4-12)19-24-25-20(28)26(19)10-9-18(27)23-13(2)16-8-7-15(21)11-17(16)22/h3-8,11,13H,9-10H2,1-2H3,(H,23,27)(H,25,28)/t13-/m0/s1. The van der Waals surface area contributed by atoms with Gasteiger partial charge in [-0.25, -0.2) is 0 Å². The average molecular weight is 435 g/mol. The summed E-state index contributed by atoms with van der Waals surface area (Å²) in [5.41, 5.74) is 2.93. The Labute approximate surface area is 178 Å². The fraction of sp³-hybridized carbons (Fsp3) is 0.250. The third-order valence-corrected chi connectivity index (χ3v) is 5.31. The van der Waals surface area contributed by atoms with Crippen molar-refractivity contribution in [2.75, 3.05) is 0 Å². The van der Waals surface area contributed by atoms with Crippen molar-refractivity contribution in [3.05, 3.63) is 68.4 Å². The number of nitrogens with one attached hydrogen (secondary N) is 2. The van der Waals surface area contributed by atoms with Crippen molar-refractivity contribution in [2.45, 2.75) is 32.9 Å². The Hall–Kier alpha value is -2.15. The molecule has 0 unspecified atom stereocenters. The molecule has 5 nitrogen and oxygen atoms in total. The first-order valence-electron chi connectivity index (χ1n) is 8.81. The third kappa shape index (κ3) is 4.82. The van der Waals surface area contributed by atoms with Gasteiger partial charge in [-0.05, 0) is 43.8 Å². The lowest BCUT2D eigenvalue weighted by molar-refractivity contribution is -0.121. The van der Waals surface area contributed by atoms with E-state index in [-0.39, 0.29) is 18.4 Å². The molecule has 0 radical (unpaired) electrons. The SMILES string of the molecule is Cc1ccc(-c2n[nH]c(=S)n2CCC(=O)N[C@@H](C)c2ccc(Cl)cc2Cl)cc1. The molecule has 3 aromatic rings. The molecule has 0 aliphatic heterocycles. The first-order chi connectivity index (χ1) is 13.3. The smallest absolute Gasteiger partial charge is 0.222 e. The quantitative estimate of drug-likeness (QED) is 0.504. The molecule has 0 saturated heterocycles. The molecule has 0 aliphatic rings. The average Bonchev–Trinajstić information content (AvgIpc) is 3.01. The van der Waals surface area contributed by atoms with Crippen molar-refractivity contribution in [3.63, 3.8) is 0 Å². The number of carbonyl (C=O) groups is 1. The van der Waals surface area contributed by atoms with Crippen molar-refractivity contribution >= 4 is 41.3 Å². The second-order valence-corrected chi connectivity index (χ2v) is 7.81. The molecule has 1 atom stereocenters. The van der Waals surface area contributed by atoms with Gasteiger partial charge in [0, 0.05) is 28.6 Å². The summed E-state index contributed by atoms with van der Waals surface area (Å²) in [6.45, 7) is 4.33. The van der Waals surface area contributed by atoms with Crippen LogP contribution in [0, 0.1) is 11.7 Å². The van der Waals surface area contributed by atoms with Gasteiger partial charge in [0.05, 0.1) is 6.04 Å². The van der Waals surface area contributed by atoms with Crippen LogP contribution in [-0.4, -0.2) is 20.7 Å². The lowest BCUT2D eigenvalue weighted by Gasteiger charge is -2.16. The zero-order valence-corrected chi connectivity index (χ0v) is 17.8. The van der Waals surface area contributed by atoms with Gasteiger partial charge in [0.1, 0.15) is 0 Å². The lowest BCUT2D eigenvalue weighted by atomic mass is 10.1. The van der Waals surface area contributed by atoms with Crippen molar-refractivity contribution in [1.82, 2.24) is 20.1 Å². The van der Waals surface area contributed by atoms with Gasteiger partial charge >= 0.3 is 0 Å². The second-order valence-electron chi connectivity index (χ2n) is 6.58. The van der Waals surface area contributed by atoms with Gasteiger partial charge in [0.15, 0.2) is 10.6 Å².